The van der Waals surface area contributed by atoms with Crippen molar-refractivity contribution in [1.82, 2.24) is 10.3 Å². The Labute approximate surface area is 127 Å². The van der Waals surface area contributed by atoms with Crippen LogP contribution in [0.4, 0.5) is 4.39 Å². The van der Waals surface area contributed by atoms with E-state index in [1.807, 2.05) is 20.0 Å². The number of hydrogen-bond acceptors (Lipinski definition) is 5. The van der Waals surface area contributed by atoms with Crippen LogP contribution in [0.5, 0.6) is 0 Å². The van der Waals surface area contributed by atoms with E-state index in [1.165, 1.54) is 19.2 Å². The maximum Gasteiger partial charge on any atom is 0.340 e. The van der Waals surface area contributed by atoms with Gasteiger partial charge in [0.25, 0.3) is 0 Å². The molecule has 0 amide bonds. The Kier molecular flexibility index (Phi) is 5.03. The van der Waals surface area contributed by atoms with E-state index in [-0.39, 0.29) is 11.6 Å². The molecular weight excluding hydrogens is 291 g/mol. The van der Waals surface area contributed by atoms with Crippen molar-refractivity contribution in [3.8, 4) is 0 Å². The van der Waals surface area contributed by atoms with E-state index >= 15 is 0 Å². The molecule has 1 aromatic heterocycles. The zero-order chi connectivity index (χ0) is 15.4. The first kappa shape index (κ1) is 15.6. The first-order valence-electron chi connectivity index (χ1n) is 6.53. The van der Waals surface area contributed by atoms with E-state index in [0.717, 1.165) is 15.4 Å². The van der Waals surface area contributed by atoms with Crippen LogP contribution in [0, 0.1) is 12.7 Å². The van der Waals surface area contributed by atoms with Crippen LogP contribution < -0.4 is 5.32 Å². The quantitative estimate of drug-likeness (QED) is 0.862. The maximum atomic E-state index is 13.8. The molecule has 6 heteroatoms. The van der Waals surface area contributed by atoms with Crippen molar-refractivity contribution in [3.63, 3.8) is 0 Å². The minimum Gasteiger partial charge on any atom is -0.465 e. The highest BCUT2D eigenvalue weighted by Gasteiger charge is 2.13. The molecule has 0 saturated carbocycles. The van der Waals surface area contributed by atoms with Gasteiger partial charge in [0.1, 0.15) is 10.8 Å². The van der Waals surface area contributed by atoms with Gasteiger partial charge in [-0.15, -0.1) is 11.3 Å². The summed E-state index contributed by atoms with van der Waals surface area (Å²) >= 11 is 1.63. The monoisotopic (exact) mass is 308 g/mol. The van der Waals surface area contributed by atoms with Crippen molar-refractivity contribution in [2.24, 2.45) is 0 Å². The SMILES string of the molecule is COC(=O)c1ccc(CNC(C)c2ncc(C)s2)cc1F. The maximum absolute atomic E-state index is 13.8. The van der Waals surface area contributed by atoms with Crippen molar-refractivity contribution >= 4 is 17.3 Å². The smallest absolute Gasteiger partial charge is 0.340 e. The van der Waals surface area contributed by atoms with Gasteiger partial charge in [-0.2, -0.15) is 0 Å². The van der Waals surface area contributed by atoms with E-state index < -0.39 is 11.8 Å². The highest BCUT2D eigenvalue weighted by Crippen LogP contribution is 2.19. The lowest BCUT2D eigenvalue weighted by atomic mass is 10.1. The second kappa shape index (κ2) is 6.78. The lowest BCUT2D eigenvalue weighted by Gasteiger charge is -2.11. The van der Waals surface area contributed by atoms with Gasteiger partial charge in [0.2, 0.25) is 0 Å². The molecule has 1 N–H and O–H groups in total. The Bertz CT molecular complexity index is 642. The lowest BCUT2D eigenvalue weighted by Crippen LogP contribution is -2.18. The Morgan fingerprint density at radius 1 is 1.52 bits per heavy atom. The highest BCUT2D eigenvalue weighted by atomic mass is 32.1. The van der Waals surface area contributed by atoms with Gasteiger partial charge in [-0.25, -0.2) is 14.2 Å². The molecule has 0 aliphatic heterocycles. The molecule has 1 heterocycles. The number of halogens is 1. The highest BCUT2D eigenvalue weighted by molar-refractivity contribution is 7.11. The molecule has 0 bridgehead atoms. The molecule has 1 aromatic carbocycles. The second-order valence-electron chi connectivity index (χ2n) is 4.72. The third-order valence-electron chi connectivity index (χ3n) is 3.06. The summed E-state index contributed by atoms with van der Waals surface area (Å²) in [6.45, 7) is 4.52. The normalized spacial score (nSPS) is 12.2. The Balaban J connectivity index is 2.00. The number of carbonyl (C=O) groups is 1. The molecular formula is C15H17FN2O2S. The first-order valence-corrected chi connectivity index (χ1v) is 7.35. The topological polar surface area (TPSA) is 51.2 Å². The number of esters is 1. The predicted molar refractivity (Wildman–Crippen MR) is 79.8 cm³/mol. The number of aromatic nitrogens is 1. The van der Waals surface area contributed by atoms with Gasteiger partial charge in [0.15, 0.2) is 0 Å². The Hall–Kier alpha value is -1.79. The second-order valence-corrected chi connectivity index (χ2v) is 5.98. The molecule has 0 fully saturated rings. The summed E-state index contributed by atoms with van der Waals surface area (Å²) in [5, 5.41) is 4.28. The molecule has 0 saturated heterocycles. The first-order chi connectivity index (χ1) is 10.0. The average molecular weight is 308 g/mol. The third-order valence-corrected chi connectivity index (χ3v) is 4.16. The minimum atomic E-state index is -0.668. The molecule has 1 atom stereocenters. The standard InChI is InChI=1S/C15H17FN2O2S/c1-9-7-18-14(21-9)10(2)17-8-11-4-5-12(13(16)6-11)15(19)20-3/h4-7,10,17H,8H2,1-3H3. The molecule has 0 aliphatic carbocycles. The summed E-state index contributed by atoms with van der Waals surface area (Å²) in [4.78, 5) is 16.8. The number of nitrogens with one attached hydrogen (secondary N) is 1. The number of carbonyl (C=O) groups excluding carboxylic acids is 1. The zero-order valence-corrected chi connectivity index (χ0v) is 13.0. The summed E-state index contributed by atoms with van der Waals surface area (Å²) in [5.41, 5.74) is 0.713. The minimum absolute atomic E-state index is 0.0511. The molecule has 0 spiro atoms. The molecule has 0 radical (unpaired) electrons. The number of ether oxygens (including phenoxy) is 1. The number of aryl methyl sites for hydroxylation is 1. The number of thiazole rings is 1. The van der Waals surface area contributed by atoms with Gasteiger partial charge in [0, 0.05) is 17.6 Å². The third kappa shape index (κ3) is 3.86. The van der Waals surface area contributed by atoms with Crippen molar-refractivity contribution in [2.75, 3.05) is 7.11 Å². The van der Waals surface area contributed by atoms with Gasteiger partial charge in [-0.1, -0.05) is 6.07 Å². The van der Waals surface area contributed by atoms with Crippen LogP contribution in [0.3, 0.4) is 0 Å². The Morgan fingerprint density at radius 3 is 2.86 bits per heavy atom. The molecule has 21 heavy (non-hydrogen) atoms. The van der Waals surface area contributed by atoms with E-state index in [4.69, 9.17) is 0 Å². The van der Waals surface area contributed by atoms with Crippen molar-refractivity contribution < 1.29 is 13.9 Å². The van der Waals surface area contributed by atoms with E-state index in [9.17, 15) is 9.18 Å². The van der Waals surface area contributed by atoms with Crippen LogP contribution in [0.2, 0.25) is 0 Å². The predicted octanol–water partition coefficient (Wildman–Crippen LogP) is 3.23. The van der Waals surface area contributed by atoms with E-state index in [1.54, 1.807) is 17.4 Å². The fraction of sp³-hybridized carbons (Fsp3) is 0.333. The lowest BCUT2D eigenvalue weighted by molar-refractivity contribution is 0.0595. The van der Waals surface area contributed by atoms with E-state index in [2.05, 4.69) is 15.0 Å². The summed E-state index contributed by atoms with van der Waals surface area (Å²) in [7, 11) is 1.23. The number of rotatable bonds is 5. The van der Waals surface area contributed by atoms with Gasteiger partial charge in [-0.05, 0) is 31.5 Å². The van der Waals surface area contributed by atoms with Crippen molar-refractivity contribution in [2.45, 2.75) is 26.4 Å². The molecule has 112 valence electrons. The number of hydrogen-bond donors (Lipinski definition) is 1. The van der Waals surface area contributed by atoms with Gasteiger partial charge < -0.3 is 10.1 Å². The molecule has 4 nitrogen and oxygen atoms in total. The zero-order valence-electron chi connectivity index (χ0n) is 12.1. The van der Waals surface area contributed by atoms with E-state index in [0.29, 0.717) is 6.54 Å². The largest absolute Gasteiger partial charge is 0.465 e. The number of methoxy groups -OCH3 is 1. The molecule has 1 unspecified atom stereocenters. The Morgan fingerprint density at radius 2 is 2.29 bits per heavy atom. The van der Waals surface area contributed by atoms with Gasteiger partial charge in [0.05, 0.1) is 18.7 Å². The summed E-state index contributed by atoms with van der Waals surface area (Å²) in [6, 6.07) is 4.59. The number of benzene rings is 1. The van der Waals surface area contributed by atoms with Gasteiger partial charge >= 0.3 is 5.97 Å². The van der Waals surface area contributed by atoms with Gasteiger partial charge in [-0.3, -0.25) is 0 Å². The molecule has 0 aliphatic rings. The van der Waals surface area contributed by atoms with Crippen LogP contribution in [0.25, 0.3) is 0 Å². The van der Waals surface area contributed by atoms with Crippen LogP contribution >= 0.6 is 11.3 Å². The molecule has 2 aromatic rings. The fourth-order valence-corrected chi connectivity index (χ4v) is 2.68. The van der Waals surface area contributed by atoms with Crippen molar-refractivity contribution in [1.29, 1.82) is 0 Å². The number of nitrogens with zero attached hydrogens (tertiary/aromatic N) is 1. The summed E-state index contributed by atoms with van der Waals surface area (Å²) in [5.74, 6) is -1.24. The van der Waals surface area contributed by atoms with Crippen molar-refractivity contribution in [3.05, 3.63) is 51.2 Å². The average Bonchev–Trinajstić information content (AvgIpc) is 2.90. The van der Waals surface area contributed by atoms with Crippen LogP contribution in [0.15, 0.2) is 24.4 Å². The van der Waals surface area contributed by atoms with Crippen LogP contribution in [-0.4, -0.2) is 18.1 Å². The fourth-order valence-electron chi connectivity index (χ4n) is 1.87. The summed E-state index contributed by atoms with van der Waals surface area (Å²) < 4.78 is 18.3. The molecule has 2 rings (SSSR count). The summed E-state index contributed by atoms with van der Waals surface area (Å²) in [6.07, 6.45) is 1.84. The van der Waals surface area contributed by atoms with Crippen LogP contribution in [0.1, 0.15) is 38.8 Å². The van der Waals surface area contributed by atoms with Crippen LogP contribution in [-0.2, 0) is 11.3 Å².